The summed E-state index contributed by atoms with van der Waals surface area (Å²) in [6.45, 7) is 11.0. The van der Waals surface area contributed by atoms with E-state index in [1.807, 2.05) is 13.8 Å². The Hall–Kier alpha value is -2.15. The van der Waals surface area contributed by atoms with Gasteiger partial charge in [0, 0.05) is 37.9 Å². The molecule has 9 heteroatoms. The van der Waals surface area contributed by atoms with Crippen molar-refractivity contribution in [1.82, 2.24) is 10.2 Å². The second kappa shape index (κ2) is 15.9. The molecule has 13 unspecified atom stereocenters. The lowest BCUT2D eigenvalue weighted by molar-refractivity contribution is -0.175. The van der Waals surface area contributed by atoms with Crippen molar-refractivity contribution in [3.63, 3.8) is 0 Å². The Kier molecular flexibility index (Phi) is 12.1. The molecule has 2 heterocycles. The van der Waals surface area contributed by atoms with Crippen molar-refractivity contribution in [2.24, 2.45) is 52.3 Å². The summed E-state index contributed by atoms with van der Waals surface area (Å²) in [6.07, 6.45) is 17.4. The number of allylic oxidation sites excluding steroid dienone is 1. The third kappa shape index (κ3) is 7.19. The van der Waals surface area contributed by atoms with Gasteiger partial charge in [0.25, 0.3) is 5.91 Å². The first-order chi connectivity index (χ1) is 24.7. The molecule has 13 atom stereocenters. The number of rotatable bonds is 14. The van der Waals surface area contributed by atoms with Crippen LogP contribution in [0.15, 0.2) is 11.3 Å². The number of hydrogen-bond acceptors (Lipinski definition) is 7. The van der Waals surface area contributed by atoms with Gasteiger partial charge < -0.3 is 15.5 Å². The van der Waals surface area contributed by atoms with Gasteiger partial charge in [-0.05, 0) is 129 Å². The summed E-state index contributed by atoms with van der Waals surface area (Å²) >= 11 is 1.57. The molecular weight excluding hydrogens is 673 g/mol. The van der Waals surface area contributed by atoms with Crippen LogP contribution >= 0.6 is 11.8 Å². The van der Waals surface area contributed by atoms with Crippen molar-refractivity contribution < 1.29 is 29.4 Å². The van der Waals surface area contributed by atoms with Crippen LogP contribution in [0.3, 0.4) is 0 Å². The van der Waals surface area contributed by atoms with Crippen LogP contribution in [-0.4, -0.2) is 67.9 Å². The molecule has 2 amide bonds. The fraction of sp³-hybridized carbons (Fsp3) is 0.814. The Bertz CT molecular complexity index is 1470. The number of β-lactam (4-membered cyclic amide) rings is 1. The molecule has 4 aliphatic carbocycles. The number of aliphatic hydroxyl groups is 2. The highest BCUT2D eigenvalue weighted by Crippen LogP contribution is 2.68. The highest BCUT2D eigenvalue weighted by molar-refractivity contribution is 8.00. The van der Waals surface area contributed by atoms with Gasteiger partial charge in [0.1, 0.15) is 17.2 Å². The largest absolute Gasteiger partial charge is 0.393 e. The van der Waals surface area contributed by atoms with E-state index >= 15 is 0 Å². The number of nitrogens with one attached hydrogen (secondary N) is 1. The molecule has 0 aromatic rings. The minimum Gasteiger partial charge on any atom is -0.393 e. The van der Waals surface area contributed by atoms with E-state index in [-0.39, 0.29) is 76.5 Å². The van der Waals surface area contributed by atoms with E-state index in [0.29, 0.717) is 66.7 Å². The number of terminal acetylenes is 1. The zero-order valence-electron chi connectivity index (χ0n) is 32.3. The van der Waals surface area contributed by atoms with Crippen LogP contribution in [0.25, 0.3) is 0 Å². The van der Waals surface area contributed by atoms with Gasteiger partial charge in [-0.3, -0.25) is 24.1 Å². The van der Waals surface area contributed by atoms with Gasteiger partial charge in [0.05, 0.1) is 17.9 Å². The smallest absolute Gasteiger partial charge is 0.253 e. The molecule has 0 bridgehead atoms. The summed E-state index contributed by atoms with van der Waals surface area (Å²) in [4.78, 5) is 54.6. The zero-order valence-corrected chi connectivity index (χ0v) is 33.1. The Balaban J connectivity index is 1.02. The van der Waals surface area contributed by atoms with Crippen molar-refractivity contribution in [2.45, 2.75) is 161 Å². The van der Waals surface area contributed by atoms with Crippen LogP contribution in [0, 0.1) is 64.6 Å². The number of ketones is 2. The molecule has 0 aromatic carbocycles. The molecule has 5 fully saturated rings. The third-order valence-electron chi connectivity index (χ3n) is 15.3. The van der Waals surface area contributed by atoms with E-state index in [1.54, 1.807) is 16.7 Å². The van der Waals surface area contributed by atoms with Crippen LogP contribution in [-0.2, 0) is 19.2 Å². The number of thioether (sulfide) groups is 1. The average molecular weight is 737 g/mol. The van der Waals surface area contributed by atoms with Gasteiger partial charge in [0.15, 0.2) is 5.78 Å². The van der Waals surface area contributed by atoms with Crippen LogP contribution in [0.5, 0.6) is 0 Å². The predicted molar refractivity (Wildman–Crippen MR) is 204 cm³/mol. The number of carbonyl (C=O) groups is 4. The maximum Gasteiger partial charge on any atom is 0.253 e. The Labute approximate surface area is 316 Å². The first-order valence-electron chi connectivity index (χ1n) is 20.5. The zero-order chi connectivity index (χ0) is 37.5. The molecule has 1 saturated heterocycles. The van der Waals surface area contributed by atoms with Gasteiger partial charge in [-0.25, -0.2) is 0 Å². The summed E-state index contributed by atoms with van der Waals surface area (Å²) in [5.41, 5.74) is 1.30. The molecule has 6 aliphatic rings. The molecule has 2 aliphatic heterocycles. The van der Waals surface area contributed by atoms with Crippen molar-refractivity contribution in [3.8, 4) is 12.3 Å². The number of fused-ring (bicyclic) bond motifs is 6. The van der Waals surface area contributed by atoms with Crippen LogP contribution in [0.4, 0.5) is 0 Å². The van der Waals surface area contributed by atoms with Gasteiger partial charge >= 0.3 is 0 Å². The van der Waals surface area contributed by atoms with Crippen LogP contribution < -0.4 is 5.32 Å². The number of amides is 2. The number of unbranched alkanes of at least 4 members (excludes halogenated alkanes) is 1. The Morgan fingerprint density at radius 2 is 1.83 bits per heavy atom. The van der Waals surface area contributed by atoms with Crippen molar-refractivity contribution in [1.29, 1.82) is 0 Å². The average Bonchev–Trinajstić information content (AvgIpc) is 3.47. The summed E-state index contributed by atoms with van der Waals surface area (Å²) in [5, 5.41) is 25.0. The lowest BCUT2D eigenvalue weighted by Gasteiger charge is -2.62. The standard InChI is InChI=1S/C43H64N2O6S/c1-7-9-11-29(46)20-27(10-8-2)21-35(48)39-26(4)24-52-41-38(40(51)45(39)41)44-37(50)17-12-25(3)32-15-16-33-31-14-13-28-22-30(47)18-19-42(28,5)34(31)23-36(49)43(32,33)6/h2,25,27-28,30-34,36,38,41,47,49H,7,9-24H2,1,3-6H3,(H,44,50). The molecular formula is C43H64N2O6S. The second-order valence-corrected chi connectivity index (χ2v) is 19.3. The van der Waals surface area contributed by atoms with Gasteiger partial charge in [-0.15, -0.1) is 24.1 Å². The fourth-order valence-electron chi connectivity index (χ4n) is 12.4. The number of carbonyl (C=O) groups excluding carboxylic acids is 4. The molecule has 0 spiro atoms. The molecule has 288 valence electrons. The number of hydrogen-bond donors (Lipinski definition) is 3. The molecule has 0 aromatic heterocycles. The normalized spacial score (nSPS) is 39.2. The maximum atomic E-state index is 13.6. The van der Waals surface area contributed by atoms with E-state index in [2.05, 4.69) is 32.0 Å². The van der Waals surface area contributed by atoms with E-state index in [9.17, 15) is 29.4 Å². The minimum atomic E-state index is -0.663. The SMILES string of the molecule is C#CCC(CC(=O)CCCC)CC(=O)C1=C(C)CSC2C(NC(=O)CCC(C)C3CCC4C5CCC6CC(O)CCC6(C)C5CC(O)C34C)C(=O)N12. The van der Waals surface area contributed by atoms with Crippen LogP contribution in [0.2, 0.25) is 0 Å². The van der Waals surface area contributed by atoms with Gasteiger partial charge in [0.2, 0.25) is 5.91 Å². The molecule has 52 heavy (non-hydrogen) atoms. The first-order valence-corrected chi connectivity index (χ1v) is 21.6. The topological polar surface area (TPSA) is 124 Å². The number of Topliss-reactive ketones (excluding diaryl/α,β-unsaturated/α-hetero) is 2. The Morgan fingerprint density at radius 3 is 2.56 bits per heavy atom. The molecule has 6 rings (SSSR count). The monoisotopic (exact) mass is 736 g/mol. The second-order valence-electron chi connectivity index (χ2n) is 18.2. The summed E-state index contributed by atoms with van der Waals surface area (Å²) in [5.74, 6) is 5.35. The number of aliphatic hydroxyl groups excluding tert-OH is 2. The first kappa shape index (κ1) is 39.5. The van der Waals surface area contributed by atoms with E-state index in [0.717, 1.165) is 56.9 Å². The van der Waals surface area contributed by atoms with Crippen molar-refractivity contribution >= 4 is 35.1 Å². The summed E-state index contributed by atoms with van der Waals surface area (Å²) in [7, 11) is 0. The lowest BCUT2D eigenvalue weighted by atomic mass is 9.43. The molecule has 4 saturated carbocycles. The molecule has 3 N–H and O–H groups in total. The minimum absolute atomic E-state index is 0.124. The van der Waals surface area contributed by atoms with E-state index in [4.69, 9.17) is 6.42 Å². The van der Waals surface area contributed by atoms with Gasteiger partial charge in [-0.2, -0.15) is 0 Å². The molecule has 8 nitrogen and oxygen atoms in total. The van der Waals surface area contributed by atoms with Crippen LogP contribution in [0.1, 0.15) is 137 Å². The predicted octanol–water partition coefficient (Wildman–Crippen LogP) is 6.82. The quantitative estimate of drug-likeness (QED) is 0.132. The summed E-state index contributed by atoms with van der Waals surface area (Å²) in [6, 6.07) is -0.663. The third-order valence-corrected chi connectivity index (χ3v) is 16.7. The van der Waals surface area contributed by atoms with Gasteiger partial charge in [-0.1, -0.05) is 34.1 Å². The van der Waals surface area contributed by atoms with Crippen molar-refractivity contribution in [3.05, 3.63) is 11.3 Å². The maximum absolute atomic E-state index is 13.6. The fourth-order valence-corrected chi connectivity index (χ4v) is 13.7. The van der Waals surface area contributed by atoms with E-state index < -0.39 is 6.04 Å². The highest BCUT2D eigenvalue weighted by atomic mass is 32.2. The van der Waals surface area contributed by atoms with E-state index in [1.165, 1.54) is 12.8 Å². The van der Waals surface area contributed by atoms with Crippen molar-refractivity contribution in [2.75, 3.05) is 5.75 Å². The summed E-state index contributed by atoms with van der Waals surface area (Å²) < 4.78 is 0. The molecule has 0 radical (unpaired) electrons. The Morgan fingerprint density at radius 1 is 1.06 bits per heavy atom. The number of nitrogens with zero attached hydrogens (tertiary/aromatic N) is 1. The lowest BCUT2D eigenvalue weighted by Crippen LogP contribution is -2.70. The highest BCUT2D eigenvalue weighted by Gasteiger charge is 2.64.